The largest absolute Gasteiger partial charge is 0.423 e. The highest BCUT2D eigenvalue weighted by atomic mass is 35.5. The Morgan fingerprint density at radius 1 is 1.29 bits per heavy atom. The summed E-state index contributed by atoms with van der Waals surface area (Å²) in [5, 5.41) is 0.786. The van der Waals surface area contributed by atoms with Crippen LogP contribution in [-0.2, 0) is 0 Å². The molecule has 2 rings (SSSR count). The van der Waals surface area contributed by atoms with Crippen LogP contribution in [0.15, 0.2) is 35.2 Å². The number of rotatable bonds is 2. The van der Waals surface area contributed by atoms with E-state index in [-0.39, 0.29) is 5.95 Å². The highest BCUT2D eigenvalue weighted by Crippen LogP contribution is 2.34. The van der Waals surface area contributed by atoms with Crippen LogP contribution in [0.4, 0.5) is 0 Å². The highest BCUT2D eigenvalue weighted by Gasteiger charge is 2.07. The van der Waals surface area contributed by atoms with Crippen molar-refractivity contribution in [1.29, 1.82) is 0 Å². The van der Waals surface area contributed by atoms with Crippen LogP contribution < -0.4 is 4.74 Å². The summed E-state index contributed by atoms with van der Waals surface area (Å²) in [4.78, 5) is 3.70. The Bertz CT molecular complexity index is 428. The molecule has 0 atom stereocenters. The molecule has 72 valence electrons. The topological polar surface area (TPSA) is 35.3 Å². The van der Waals surface area contributed by atoms with Crippen LogP contribution in [0.1, 0.15) is 0 Å². The number of benzene rings is 1. The molecule has 0 N–H and O–H groups in total. The molecule has 0 aliphatic heterocycles. The minimum absolute atomic E-state index is 0.272. The van der Waals surface area contributed by atoms with E-state index in [0.29, 0.717) is 15.8 Å². The van der Waals surface area contributed by atoms with E-state index in [1.54, 1.807) is 18.2 Å². The van der Waals surface area contributed by atoms with Gasteiger partial charge in [-0.05, 0) is 12.1 Å². The third-order valence-electron chi connectivity index (χ3n) is 1.54. The molecule has 1 heterocycles. The first-order chi connectivity index (χ1) is 6.77. The smallest absolute Gasteiger partial charge is 0.310 e. The molecule has 0 saturated carbocycles. The van der Waals surface area contributed by atoms with E-state index in [2.05, 4.69) is 4.98 Å². The van der Waals surface area contributed by atoms with Crippen LogP contribution in [0.25, 0.3) is 0 Å². The Balaban J connectivity index is 2.29. The second-order valence-corrected chi connectivity index (χ2v) is 3.26. The van der Waals surface area contributed by atoms with Crippen LogP contribution in [0, 0.1) is 0 Å². The minimum Gasteiger partial charge on any atom is -0.423 e. The van der Waals surface area contributed by atoms with Gasteiger partial charge in [0.25, 0.3) is 0 Å². The highest BCUT2D eigenvalue weighted by molar-refractivity contribution is 6.42. The molecule has 0 bridgehead atoms. The zero-order chi connectivity index (χ0) is 9.97. The standard InChI is InChI=1S/C9H5Cl2NO2/c10-6-2-1-3-7(9(6)11)14-8-4-12-5-13-8/h1-5H. The Morgan fingerprint density at radius 3 is 2.86 bits per heavy atom. The van der Waals surface area contributed by atoms with Gasteiger partial charge in [-0.15, -0.1) is 0 Å². The lowest BCUT2D eigenvalue weighted by atomic mass is 10.3. The van der Waals surface area contributed by atoms with E-state index in [9.17, 15) is 0 Å². The van der Waals surface area contributed by atoms with Crippen molar-refractivity contribution in [2.45, 2.75) is 0 Å². The zero-order valence-corrected chi connectivity index (χ0v) is 8.42. The van der Waals surface area contributed by atoms with Gasteiger partial charge < -0.3 is 9.15 Å². The number of oxazole rings is 1. The number of nitrogens with zero attached hydrogens (tertiary/aromatic N) is 1. The molecular formula is C9H5Cl2NO2. The van der Waals surface area contributed by atoms with E-state index >= 15 is 0 Å². The summed E-state index contributed by atoms with van der Waals surface area (Å²) >= 11 is 11.7. The van der Waals surface area contributed by atoms with Gasteiger partial charge in [-0.1, -0.05) is 29.3 Å². The van der Waals surface area contributed by atoms with Gasteiger partial charge in [-0.2, -0.15) is 0 Å². The molecule has 5 heteroatoms. The lowest BCUT2D eigenvalue weighted by molar-refractivity contribution is 0.346. The molecule has 0 amide bonds. The van der Waals surface area contributed by atoms with Gasteiger partial charge in [0, 0.05) is 0 Å². The Hall–Kier alpha value is -1.19. The molecular weight excluding hydrogens is 225 g/mol. The van der Waals surface area contributed by atoms with E-state index in [1.807, 2.05) is 0 Å². The summed E-state index contributed by atoms with van der Waals surface area (Å²) in [7, 11) is 0. The molecule has 1 aromatic heterocycles. The maximum atomic E-state index is 5.89. The van der Waals surface area contributed by atoms with Gasteiger partial charge in [0.2, 0.25) is 0 Å². The average molecular weight is 230 g/mol. The first-order valence-electron chi connectivity index (χ1n) is 3.78. The molecule has 0 saturated heterocycles. The van der Waals surface area contributed by atoms with Crippen molar-refractivity contribution >= 4 is 23.2 Å². The molecule has 0 fully saturated rings. The van der Waals surface area contributed by atoms with Gasteiger partial charge in [0.1, 0.15) is 11.2 Å². The van der Waals surface area contributed by atoms with Gasteiger partial charge >= 0.3 is 5.95 Å². The molecule has 1 aromatic carbocycles. The third kappa shape index (κ3) is 1.84. The molecule has 3 nitrogen and oxygen atoms in total. The minimum atomic E-state index is 0.272. The van der Waals surface area contributed by atoms with Crippen molar-refractivity contribution in [2.24, 2.45) is 0 Å². The average Bonchev–Trinajstić information content (AvgIpc) is 2.66. The van der Waals surface area contributed by atoms with Crippen molar-refractivity contribution < 1.29 is 9.15 Å². The van der Waals surface area contributed by atoms with E-state index in [1.165, 1.54) is 12.6 Å². The fourth-order valence-electron chi connectivity index (χ4n) is 0.926. The van der Waals surface area contributed by atoms with E-state index < -0.39 is 0 Å². The third-order valence-corrected chi connectivity index (χ3v) is 2.34. The van der Waals surface area contributed by atoms with Crippen LogP contribution in [-0.4, -0.2) is 4.98 Å². The van der Waals surface area contributed by atoms with Gasteiger partial charge in [-0.3, -0.25) is 0 Å². The first-order valence-corrected chi connectivity index (χ1v) is 4.53. The summed E-state index contributed by atoms with van der Waals surface area (Å²) in [5.74, 6) is 0.713. The molecule has 14 heavy (non-hydrogen) atoms. The van der Waals surface area contributed by atoms with Crippen LogP contribution in [0.5, 0.6) is 11.7 Å². The predicted molar refractivity (Wildman–Crippen MR) is 53.0 cm³/mol. The molecule has 0 radical (unpaired) electrons. The zero-order valence-electron chi connectivity index (χ0n) is 6.91. The maximum absolute atomic E-state index is 5.89. The molecule has 0 unspecified atom stereocenters. The predicted octanol–water partition coefficient (Wildman–Crippen LogP) is 3.77. The fourth-order valence-corrected chi connectivity index (χ4v) is 1.26. The molecule has 0 aliphatic carbocycles. The molecule has 0 spiro atoms. The summed E-state index contributed by atoms with van der Waals surface area (Å²) in [6, 6.07) is 5.10. The lowest BCUT2D eigenvalue weighted by Gasteiger charge is -2.04. The number of halogens is 2. The first kappa shape index (κ1) is 9.37. The van der Waals surface area contributed by atoms with Crippen LogP contribution in [0.2, 0.25) is 10.0 Å². The number of hydrogen-bond donors (Lipinski definition) is 0. The SMILES string of the molecule is Clc1cccc(Oc2cnco2)c1Cl. The second kappa shape index (κ2) is 3.90. The van der Waals surface area contributed by atoms with Crippen molar-refractivity contribution in [3.8, 4) is 11.7 Å². The van der Waals surface area contributed by atoms with Crippen LogP contribution >= 0.6 is 23.2 Å². The number of hydrogen-bond acceptors (Lipinski definition) is 3. The van der Waals surface area contributed by atoms with E-state index in [0.717, 1.165) is 0 Å². The number of aromatic nitrogens is 1. The maximum Gasteiger partial charge on any atom is 0.310 e. The van der Waals surface area contributed by atoms with Crippen molar-refractivity contribution in [1.82, 2.24) is 4.98 Å². The summed E-state index contributed by atoms with van der Waals surface area (Å²) in [6.45, 7) is 0. The van der Waals surface area contributed by atoms with Crippen molar-refractivity contribution in [2.75, 3.05) is 0 Å². The molecule has 0 aliphatic rings. The quantitative estimate of drug-likeness (QED) is 0.787. The Labute approximate surface area is 90.2 Å². The monoisotopic (exact) mass is 229 g/mol. The van der Waals surface area contributed by atoms with Crippen LogP contribution in [0.3, 0.4) is 0 Å². The fraction of sp³-hybridized carbons (Fsp3) is 0. The summed E-state index contributed by atoms with van der Waals surface area (Å²) < 4.78 is 10.2. The van der Waals surface area contributed by atoms with Gasteiger partial charge in [-0.25, -0.2) is 4.98 Å². The Kier molecular flexibility index (Phi) is 2.61. The van der Waals surface area contributed by atoms with E-state index in [4.69, 9.17) is 32.4 Å². The summed E-state index contributed by atoms with van der Waals surface area (Å²) in [5.41, 5.74) is 0. The van der Waals surface area contributed by atoms with Gasteiger partial charge in [0.15, 0.2) is 12.1 Å². The van der Waals surface area contributed by atoms with Crippen molar-refractivity contribution in [3.63, 3.8) is 0 Å². The normalized spacial score (nSPS) is 10.1. The Morgan fingerprint density at radius 2 is 2.14 bits per heavy atom. The lowest BCUT2D eigenvalue weighted by Crippen LogP contribution is -1.83. The summed E-state index contributed by atoms with van der Waals surface area (Å²) in [6.07, 6.45) is 2.71. The second-order valence-electron chi connectivity index (χ2n) is 2.47. The number of ether oxygens (including phenoxy) is 1. The molecule has 2 aromatic rings. The van der Waals surface area contributed by atoms with Gasteiger partial charge in [0.05, 0.1) is 5.02 Å². The van der Waals surface area contributed by atoms with Crippen molar-refractivity contribution in [3.05, 3.63) is 40.8 Å².